The summed E-state index contributed by atoms with van der Waals surface area (Å²) in [5.74, 6) is -1.22. The minimum atomic E-state index is -1.22. The fourth-order valence-electron chi connectivity index (χ4n) is 0.783. The molecule has 0 saturated heterocycles. The Morgan fingerprint density at radius 2 is 1.83 bits per heavy atom. The second kappa shape index (κ2) is 3.49. The number of hydrogen-bond donors (Lipinski definition) is 0. The van der Waals surface area contributed by atoms with Crippen LogP contribution >= 0.6 is 0 Å². The SMILES string of the molecule is CS(=O)c1ccc(C(=O)[O-])cc1. The largest absolute Gasteiger partial charge is 0.545 e. The van der Waals surface area contributed by atoms with Crippen molar-refractivity contribution in [2.24, 2.45) is 0 Å². The Kier molecular flexibility index (Phi) is 2.60. The van der Waals surface area contributed by atoms with E-state index in [1.807, 2.05) is 0 Å². The van der Waals surface area contributed by atoms with Gasteiger partial charge in [0.2, 0.25) is 0 Å². The molecule has 1 unspecified atom stereocenters. The van der Waals surface area contributed by atoms with E-state index >= 15 is 0 Å². The van der Waals surface area contributed by atoms with E-state index in [0.29, 0.717) is 4.90 Å². The minimum Gasteiger partial charge on any atom is -0.545 e. The van der Waals surface area contributed by atoms with E-state index in [1.165, 1.54) is 30.5 Å². The first-order chi connectivity index (χ1) is 5.61. The molecule has 0 N–H and O–H groups in total. The van der Waals surface area contributed by atoms with Gasteiger partial charge in [0.1, 0.15) is 0 Å². The van der Waals surface area contributed by atoms with Crippen LogP contribution < -0.4 is 5.11 Å². The molecule has 0 aliphatic carbocycles. The first-order valence-electron chi connectivity index (χ1n) is 3.26. The van der Waals surface area contributed by atoms with Gasteiger partial charge in [-0.2, -0.15) is 0 Å². The quantitative estimate of drug-likeness (QED) is 0.637. The Morgan fingerprint density at radius 3 is 2.17 bits per heavy atom. The molecule has 1 aromatic rings. The molecule has 12 heavy (non-hydrogen) atoms. The van der Waals surface area contributed by atoms with Crippen molar-refractivity contribution in [2.75, 3.05) is 6.26 Å². The van der Waals surface area contributed by atoms with Crippen LogP contribution in [0.25, 0.3) is 0 Å². The van der Waals surface area contributed by atoms with Gasteiger partial charge in [-0.15, -0.1) is 0 Å². The second-order valence-electron chi connectivity index (χ2n) is 2.27. The predicted octanol–water partition coefficient (Wildman–Crippen LogP) is -0.213. The predicted molar refractivity (Wildman–Crippen MR) is 43.1 cm³/mol. The van der Waals surface area contributed by atoms with Crippen molar-refractivity contribution in [3.05, 3.63) is 29.8 Å². The number of carboxylic acid groups (broad SMARTS) is 1. The maximum atomic E-state index is 10.9. The molecule has 0 aliphatic rings. The summed E-state index contributed by atoms with van der Waals surface area (Å²) in [5, 5.41) is 10.3. The van der Waals surface area contributed by atoms with Crippen LogP contribution in [0.3, 0.4) is 0 Å². The van der Waals surface area contributed by atoms with Gasteiger partial charge in [0.25, 0.3) is 0 Å². The molecule has 0 amide bonds. The van der Waals surface area contributed by atoms with Crippen molar-refractivity contribution < 1.29 is 14.1 Å². The zero-order chi connectivity index (χ0) is 9.14. The van der Waals surface area contributed by atoms with Crippen LogP contribution in [0.4, 0.5) is 0 Å². The van der Waals surface area contributed by atoms with Gasteiger partial charge in [-0.3, -0.25) is 4.21 Å². The number of hydrogen-bond acceptors (Lipinski definition) is 3. The summed E-state index contributed by atoms with van der Waals surface area (Å²) in [7, 11) is -1.06. The normalized spacial score (nSPS) is 12.4. The van der Waals surface area contributed by atoms with Gasteiger partial charge in [0.15, 0.2) is 0 Å². The fourth-order valence-corrected chi connectivity index (χ4v) is 1.30. The molecule has 0 radical (unpaired) electrons. The fraction of sp³-hybridized carbons (Fsp3) is 0.125. The summed E-state index contributed by atoms with van der Waals surface area (Å²) in [4.78, 5) is 10.9. The molecule has 3 nitrogen and oxygen atoms in total. The molecule has 0 aliphatic heterocycles. The Balaban J connectivity index is 3.01. The lowest BCUT2D eigenvalue weighted by Gasteiger charge is -2.01. The molecular weight excluding hydrogens is 176 g/mol. The van der Waals surface area contributed by atoms with Gasteiger partial charge in [-0.25, -0.2) is 0 Å². The molecule has 4 heteroatoms. The van der Waals surface area contributed by atoms with E-state index in [0.717, 1.165) is 0 Å². The summed E-state index contributed by atoms with van der Waals surface area (Å²) in [5.41, 5.74) is 0.101. The number of carbonyl (C=O) groups excluding carboxylic acids is 1. The average Bonchev–Trinajstić information content (AvgIpc) is 2.04. The summed E-state index contributed by atoms with van der Waals surface area (Å²) in [6.45, 7) is 0. The summed E-state index contributed by atoms with van der Waals surface area (Å²) < 4.78 is 10.9. The minimum absolute atomic E-state index is 0.101. The van der Waals surface area contributed by atoms with Crippen LogP contribution in [0.1, 0.15) is 10.4 Å². The van der Waals surface area contributed by atoms with Crippen molar-refractivity contribution >= 4 is 16.8 Å². The van der Waals surface area contributed by atoms with Crippen LogP contribution in [0, 0.1) is 0 Å². The van der Waals surface area contributed by atoms with Gasteiger partial charge >= 0.3 is 0 Å². The number of aromatic carboxylic acids is 1. The number of benzene rings is 1. The van der Waals surface area contributed by atoms with Gasteiger partial charge in [-0.1, -0.05) is 12.1 Å². The lowest BCUT2D eigenvalue weighted by Crippen LogP contribution is -2.21. The first kappa shape index (κ1) is 8.93. The van der Waals surface area contributed by atoms with E-state index in [4.69, 9.17) is 0 Å². The van der Waals surface area contributed by atoms with Gasteiger partial charge in [-0.05, 0) is 17.7 Å². The zero-order valence-electron chi connectivity index (χ0n) is 6.44. The highest BCUT2D eigenvalue weighted by atomic mass is 32.2. The maximum absolute atomic E-state index is 10.9. The average molecular weight is 183 g/mol. The zero-order valence-corrected chi connectivity index (χ0v) is 7.26. The van der Waals surface area contributed by atoms with Crippen LogP contribution in [-0.4, -0.2) is 16.4 Å². The Hall–Kier alpha value is -1.16. The lowest BCUT2D eigenvalue weighted by atomic mass is 10.2. The van der Waals surface area contributed by atoms with E-state index < -0.39 is 16.8 Å². The Morgan fingerprint density at radius 1 is 1.33 bits per heavy atom. The first-order valence-corrected chi connectivity index (χ1v) is 4.82. The third kappa shape index (κ3) is 1.92. The molecule has 1 atom stereocenters. The van der Waals surface area contributed by atoms with E-state index in [9.17, 15) is 14.1 Å². The summed E-state index contributed by atoms with van der Waals surface area (Å²) in [6, 6.07) is 5.79. The van der Waals surface area contributed by atoms with Gasteiger partial charge in [0, 0.05) is 22.0 Å². The van der Waals surface area contributed by atoms with Crippen molar-refractivity contribution in [2.45, 2.75) is 4.90 Å². The maximum Gasteiger partial charge on any atom is 0.0715 e. The second-order valence-corrected chi connectivity index (χ2v) is 3.65. The molecule has 0 spiro atoms. The molecule has 0 fully saturated rings. The van der Waals surface area contributed by atoms with Gasteiger partial charge in [0.05, 0.1) is 5.97 Å². The molecule has 0 heterocycles. The third-order valence-corrected chi connectivity index (χ3v) is 2.36. The number of rotatable bonds is 2. The van der Waals surface area contributed by atoms with Crippen LogP contribution in [0.5, 0.6) is 0 Å². The Bertz CT molecular complexity index is 283. The number of carboxylic acids is 1. The highest BCUT2D eigenvalue weighted by Gasteiger charge is 1.97. The number of carbonyl (C=O) groups is 1. The van der Waals surface area contributed by atoms with E-state index in [2.05, 4.69) is 0 Å². The third-order valence-electron chi connectivity index (χ3n) is 1.42. The monoisotopic (exact) mass is 183 g/mol. The van der Waals surface area contributed by atoms with Crippen LogP contribution in [0.2, 0.25) is 0 Å². The van der Waals surface area contributed by atoms with E-state index in [-0.39, 0.29) is 5.56 Å². The highest BCUT2D eigenvalue weighted by Crippen LogP contribution is 2.06. The molecule has 0 bridgehead atoms. The Labute approximate surface area is 72.5 Å². The van der Waals surface area contributed by atoms with Crippen LogP contribution in [0.15, 0.2) is 29.2 Å². The molecule has 0 saturated carbocycles. The standard InChI is InChI=1S/C8H8O3S/c1-12(11)7-4-2-6(3-5-7)8(9)10/h2-5H,1H3,(H,9,10)/p-1. The van der Waals surface area contributed by atoms with Crippen molar-refractivity contribution in [3.63, 3.8) is 0 Å². The molecule has 64 valence electrons. The smallest absolute Gasteiger partial charge is 0.0715 e. The topological polar surface area (TPSA) is 57.2 Å². The summed E-state index contributed by atoms with van der Waals surface area (Å²) >= 11 is 0. The van der Waals surface area contributed by atoms with Crippen molar-refractivity contribution in [1.29, 1.82) is 0 Å². The molecule has 1 aromatic carbocycles. The van der Waals surface area contributed by atoms with Crippen molar-refractivity contribution in [3.8, 4) is 0 Å². The van der Waals surface area contributed by atoms with Crippen LogP contribution in [-0.2, 0) is 10.8 Å². The molecule has 1 rings (SSSR count). The van der Waals surface area contributed by atoms with Crippen molar-refractivity contribution in [1.82, 2.24) is 0 Å². The lowest BCUT2D eigenvalue weighted by molar-refractivity contribution is -0.255. The van der Waals surface area contributed by atoms with Gasteiger partial charge < -0.3 is 9.90 Å². The summed E-state index contributed by atoms with van der Waals surface area (Å²) in [6.07, 6.45) is 1.54. The molecular formula is C8H7O3S-. The molecule has 0 aromatic heterocycles. The van der Waals surface area contributed by atoms with E-state index in [1.54, 1.807) is 0 Å². The highest BCUT2D eigenvalue weighted by molar-refractivity contribution is 7.84.